The van der Waals surface area contributed by atoms with Gasteiger partial charge in [0, 0.05) is 18.1 Å². The first-order valence-corrected chi connectivity index (χ1v) is 7.83. The van der Waals surface area contributed by atoms with E-state index in [2.05, 4.69) is 9.97 Å². The van der Waals surface area contributed by atoms with Gasteiger partial charge < -0.3 is 5.73 Å². The molecular formula is C13H14ClN3O2S. The number of benzene rings is 1. The van der Waals surface area contributed by atoms with Gasteiger partial charge in [0.05, 0.1) is 9.92 Å². The largest absolute Gasteiger partial charge is 0.398 e. The van der Waals surface area contributed by atoms with E-state index in [4.69, 9.17) is 17.3 Å². The van der Waals surface area contributed by atoms with Crippen molar-refractivity contribution in [2.75, 3.05) is 5.73 Å². The molecule has 0 radical (unpaired) electrons. The standard InChI is InChI=1S/C13H14ClN3O2S/c1-8-11(15)5-4-10(14)12(8)20(18,19)9(2)13-16-6-3-7-17-13/h3-7,9H,15H2,1-2H3. The summed E-state index contributed by atoms with van der Waals surface area (Å²) in [5.41, 5.74) is 6.60. The Hall–Kier alpha value is -1.66. The molecule has 2 aromatic rings. The summed E-state index contributed by atoms with van der Waals surface area (Å²) in [6.45, 7) is 3.16. The van der Waals surface area contributed by atoms with E-state index in [1.807, 2.05) is 0 Å². The van der Waals surface area contributed by atoms with E-state index in [1.54, 1.807) is 19.1 Å². The van der Waals surface area contributed by atoms with Gasteiger partial charge in [-0.3, -0.25) is 0 Å². The summed E-state index contributed by atoms with van der Waals surface area (Å²) in [5, 5.41) is -0.749. The molecule has 0 aliphatic carbocycles. The van der Waals surface area contributed by atoms with Crippen LogP contribution in [0.15, 0.2) is 35.5 Å². The Bertz CT molecular complexity index is 733. The molecule has 0 aliphatic heterocycles. The van der Waals surface area contributed by atoms with Crippen LogP contribution in [0.25, 0.3) is 0 Å². The minimum Gasteiger partial charge on any atom is -0.398 e. The van der Waals surface area contributed by atoms with Gasteiger partial charge in [-0.15, -0.1) is 0 Å². The van der Waals surface area contributed by atoms with Crippen LogP contribution in [0.2, 0.25) is 5.02 Å². The van der Waals surface area contributed by atoms with Gasteiger partial charge in [0.2, 0.25) is 0 Å². The highest BCUT2D eigenvalue weighted by Crippen LogP contribution is 2.35. The Morgan fingerprint density at radius 3 is 2.45 bits per heavy atom. The summed E-state index contributed by atoms with van der Waals surface area (Å²) in [6.07, 6.45) is 3.00. The van der Waals surface area contributed by atoms with Gasteiger partial charge in [0.1, 0.15) is 11.1 Å². The Kier molecular flexibility index (Phi) is 3.96. The first-order valence-electron chi connectivity index (χ1n) is 5.91. The topological polar surface area (TPSA) is 85.9 Å². The van der Waals surface area contributed by atoms with Crippen molar-refractivity contribution in [1.29, 1.82) is 0 Å². The van der Waals surface area contributed by atoms with Crippen molar-refractivity contribution < 1.29 is 8.42 Å². The van der Waals surface area contributed by atoms with Gasteiger partial charge in [-0.25, -0.2) is 18.4 Å². The number of nitrogens with two attached hydrogens (primary N) is 1. The highest BCUT2D eigenvalue weighted by Gasteiger charge is 2.31. The molecule has 0 saturated heterocycles. The van der Waals surface area contributed by atoms with Crippen LogP contribution in [0, 0.1) is 6.92 Å². The molecule has 1 aromatic carbocycles. The lowest BCUT2D eigenvalue weighted by atomic mass is 10.2. The van der Waals surface area contributed by atoms with Crippen molar-refractivity contribution in [2.24, 2.45) is 0 Å². The van der Waals surface area contributed by atoms with Crippen molar-refractivity contribution in [3.8, 4) is 0 Å². The summed E-state index contributed by atoms with van der Waals surface area (Å²) < 4.78 is 25.4. The molecule has 2 rings (SSSR count). The van der Waals surface area contributed by atoms with E-state index in [1.165, 1.54) is 25.4 Å². The smallest absolute Gasteiger partial charge is 0.190 e. The number of halogens is 1. The number of nitrogen functional groups attached to an aromatic ring is 1. The Balaban J connectivity index is 2.60. The number of aromatic nitrogens is 2. The Morgan fingerprint density at radius 2 is 1.85 bits per heavy atom. The average molecular weight is 312 g/mol. The molecule has 7 heteroatoms. The fraction of sp³-hybridized carbons (Fsp3) is 0.231. The molecule has 1 unspecified atom stereocenters. The molecule has 1 atom stereocenters. The lowest BCUT2D eigenvalue weighted by molar-refractivity contribution is 0.582. The molecule has 0 aliphatic rings. The maximum atomic E-state index is 12.7. The van der Waals surface area contributed by atoms with Gasteiger partial charge in [0.15, 0.2) is 9.84 Å². The monoisotopic (exact) mass is 311 g/mol. The molecule has 20 heavy (non-hydrogen) atoms. The first kappa shape index (κ1) is 14.7. The third-order valence-electron chi connectivity index (χ3n) is 3.10. The van der Waals surface area contributed by atoms with Crippen molar-refractivity contribution in [2.45, 2.75) is 24.0 Å². The second-order valence-electron chi connectivity index (χ2n) is 4.38. The Morgan fingerprint density at radius 1 is 1.25 bits per heavy atom. The lowest BCUT2D eigenvalue weighted by Crippen LogP contribution is -2.15. The average Bonchev–Trinajstić information content (AvgIpc) is 2.43. The highest BCUT2D eigenvalue weighted by atomic mass is 35.5. The molecule has 106 valence electrons. The summed E-state index contributed by atoms with van der Waals surface area (Å²) in [6, 6.07) is 4.69. The van der Waals surface area contributed by atoms with Crippen molar-refractivity contribution >= 4 is 27.1 Å². The number of sulfone groups is 1. The van der Waals surface area contributed by atoms with E-state index in [-0.39, 0.29) is 15.7 Å². The molecule has 0 bridgehead atoms. The molecule has 1 heterocycles. The van der Waals surface area contributed by atoms with Crippen LogP contribution in [0.3, 0.4) is 0 Å². The van der Waals surface area contributed by atoms with E-state index in [0.29, 0.717) is 11.3 Å². The van der Waals surface area contributed by atoms with Crippen molar-refractivity contribution in [3.63, 3.8) is 0 Å². The van der Waals surface area contributed by atoms with E-state index >= 15 is 0 Å². The zero-order chi connectivity index (χ0) is 14.9. The van der Waals surface area contributed by atoms with Gasteiger partial charge in [0.25, 0.3) is 0 Å². The number of rotatable bonds is 3. The van der Waals surface area contributed by atoms with E-state index < -0.39 is 15.1 Å². The number of hydrogen-bond acceptors (Lipinski definition) is 5. The van der Waals surface area contributed by atoms with Crippen molar-refractivity contribution in [1.82, 2.24) is 9.97 Å². The summed E-state index contributed by atoms with van der Waals surface area (Å²) in [5.74, 6) is 0.227. The predicted octanol–water partition coefficient (Wildman–Crippen LogP) is 2.56. The fourth-order valence-corrected chi connectivity index (χ4v) is 4.02. The number of hydrogen-bond donors (Lipinski definition) is 1. The second kappa shape index (κ2) is 5.38. The maximum absolute atomic E-state index is 12.7. The van der Waals surface area contributed by atoms with Gasteiger partial charge >= 0.3 is 0 Å². The van der Waals surface area contributed by atoms with Crippen LogP contribution in [-0.2, 0) is 9.84 Å². The van der Waals surface area contributed by atoms with Crippen molar-refractivity contribution in [3.05, 3.63) is 47.0 Å². The fourth-order valence-electron chi connectivity index (χ4n) is 1.86. The van der Waals surface area contributed by atoms with Gasteiger partial charge in [-0.2, -0.15) is 0 Å². The second-order valence-corrected chi connectivity index (χ2v) is 7.00. The molecule has 2 N–H and O–H groups in total. The minimum atomic E-state index is -3.71. The van der Waals surface area contributed by atoms with Crippen LogP contribution >= 0.6 is 11.6 Å². The summed E-state index contributed by atoms with van der Waals surface area (Å²) in [4.78, 5) is 8.02. The minimum absolute atomic E-state index is 0.0409. The van der Waals surface area contributed by atoms with Gasteiger partial charge in [-0.05, 0) is 37.6 Å². The zero-order valence-corrected chi connectivity index (χ0v) is 12.6. The number of anilines is 1. The maximum Gasteiger partial charge on any atom is 0.190 e. The van der Waals surface area contributed by atoms with Crippen LogP contribution in [0.5, 0.6) is 0 Å². The number of nitrogens with zero attached hydrogens (tertiary/aromatic N) is 2. The third kappa shape index (κ3) is 2.48. The van der Waals surface area contributed by atoms with E-state index in [0.717, 1.165) is 0 Å². The summed E-state index contributed by atoms with van der Waals surface area (Å²) in [7, 11) is -3.71. The molecule has 0 spiro atoms. The van der Waals surface area contributed by atoms with Crippen LogP contribution in [0.1, 0.15) is 23.6 Å². The van der Waals surface area contributed by atoms with E-state index in [9.17, 15) is 8.42 Å². The molecule has 5 nitrogen and oxygen atoms in total. The lowest BCUT2D eigenvalue weighted by Gasteiger charge is -2.16. The molecule has 0 fully saturated rings. The molecule has 1 aromatic heterocycles. The first-order chi connectivity index (χ1) is 9.35. The van der Waals surface area contributed by atoms with Crippen LogP contribution < -0.4 is 5.73 Å². The third-order valence-corrected chi connectivity index (χ3v) is 5.76. The Labute approximate surface area is 122 Å². The van der Waals surface area contributed by atoms with Crippen LogP contribution in [-0.4, -0.2) is 18.4 Å². The molecule has 0 saturated carbocycles. The quantitative estimate of drug-likeness (QED) is 0.880. The molecular weight excluding hydrogens is 298 g/mol. The van der Waals surface area contributed by atoms with Gasteiger partial charge in [-0.1, -0.05) is 11.6 Å². The molecule has 0 amide bonds. The highest BCUT2D eigenvalue weighted by molar-refractivity contribution is 7.91. The SMILES string of the molecule is Cc1c(N)ccc(Cl)c1S(=O)(=O)C(C)c1ncccn1. The normalized spacial score (nSPS) is 13.2. The predicted molar refractivity (Wildman–Crippen MR) is 78.2 cm³/mol. The summed E-state index contributed by atoms with van der Waals surface area (Å²) >= 11 is 6.04. The van der Waals surface area contributed by atoms with Crippen LogP contribution in [0.4, 0.5) is 5.69 Å². The zero-order valence-electron chi connectivity index (χ0n) is 11.0.